The quantitative estimate of drug-likeness (QED) is 0.706. The number of nitrogens with zero attached hydrogens (tertiary/aromatic N) is 1. The normalized spacial score (nSPS) is 10.3. The van der Waals surface area contributed by atoms with Crippen LogP contribution in [0.1, 0.15) is 16.8 Å². The molecule has 7 heteroatoms. The zero-order chi connectivity index (χ0) is 18.1. The summed E-state index contributed by atoms with van der Waals surface area (Å²) in [6.45, 7) is 0.925. The van der Waals surface area contributed by atoms with Crippen molar-refractivity contribution in [3.63, 3.8) is 0 Å². The number of methoxy groups -OCH3 is 1. The maximum atomic E-state index is 12.4. The van der Waals surface area contributed by atoms with Crippen LogP contribution in [-0.4, -0.2) is 36.6 Å². The van der Waals surface area contributed by atoms with Crippen molar-refractivity contribution in [3.8, 4) is 0 Å². The van der Waals surface area contributed by atoms with E-state index < -0.39 is 5.56 Å². The van der Waals surface area contributed by atoms with Crippen molar-refractivity contribution in [2.45, 2.75) is 13.0 Å². The minimum Gasteiger partial charge on any atom is -0.385 e. The van der Waals surface area contributed by atoms with Gasteiger partial charge in [-0.2, -0.15) is 0 Å². The van der Waals surface area contributed by atoms with Crippen LogP contribution >= 0.6 is 0 Å². The summed E-state index contributed by atoms with van der Waals surface area (Å²) in [6.07, 6.45) is 2.21. The number of hydrogen-bond donors (Lipinski definition) is 2. The standard InChI is InChI=1S/C18H21N3O4/c1-25-12-6-10-19-16(22)13-21-11-5-9-15(18(21)24)20-17(23)14-7-3-2-4-8-14/h2-5,7-9,11H,6,10,12-13H2,1H3,(H,19,22)(H,20,23). The topological polar surface area (TPSA) is 89.4 Å². The summed E-state index contributed by atoms with van der Waals surface area (Å²) in [7, 11) is 1.59. The van der Waals surface area contributed by atoms with Crippen LogP contribution in [0.4, 0.5) is 5.69 Å². The van der Waals surface area contributed by atoms with Crippen molar-refractivity contribution in [1.82, 2.24) is 9.88 Å². The zero-order valence-corrected chi connectivity index (χ0v) is 14.0. The predicted molar refractivity (Wildman–Crippen MR) is 94.6 cm³/mol. The summed E-state index contributed by atoms with van der Waals surface area (Å²) in [5.74, 6) is -0.649. The first kappa shape index (κ1) is 18.4. The van der Waals surface area contributed by atoms with Gasteiger partial charge in [-0.1, -0.05) is 18.2 Å². The van der Waals surface area contributed by atoms with Crippen molar-refractivity contribution in [2.75, 3.05) is 25.6 Å². The lowest BCUT2D eigenvalue weighted by Gasteiger charge is -2.10. The Hall–Kier alpha value is -2.93. The third-order valence-corrected chi connectivity index (χ3v) is 3.47. The van der Waals surface area contributed by atoms with Crippen molar-refractivity contribution in [2.24, 2.45) is 0 Å². The van der Waals surface area contributed by atoms with E-state index in [1.807, 2.05) is 0 Å². The van der Waals surface area contributed by atoms with Crippen molar-refractivity contribution in [3.05, 3.63) is 64.6 Å². The highest BCUT2D eigenvalue weighted by atomic mass is 16.5. The first-order valence-corrected chi connectivity index (χ1v) is 7.93. The monoisotopic (exact) mass is 343 g/mol. The molecule has 0 fully saturated rings. The zero-order valence-electron chi connectivity index (χ0n) is 14.0. The van der Waals surface area contributed by atoms with E-state index in [2.05, 4.69) is 10.6 Å². The second-order valence-electron chi connectivity index (χ2n) is 5.37. The van der Waals surface area contributed by atoms with Crippen LogP contribution in [0.25, 0.3) is 0 Å². The van der Waals surface area contributed by atoms with Gasteiger partial charge in [0.25, 0.3) is 11.5 Å². The number of hydrogen-bond acceptors (Lipinski definition) is 4. The SMILES string of the molecule is COCCCNC(=O)Cn1cccc(NC(=O)c2ccccc2)c1=O. The Kier molecular flexibility index (Phi) is 6.91. The molecular weight excluding hydrogens is 322 g/mol. The first-order chi connectivity index (χ1) is 12.1. The summed E-state index contributed by atoms with van der Waals surface area (Å²) in [5.41, 5.74) is 0.149. The molecule has 7 nitrogen and oxygen atoms in total. The van der Waals surface area contributed by atoms with Gasteiger partial charge in [0, 0.05) is 32.0 Å². The molecule has 0 radical (unpaired) electrons. The lowest BCUT2D eigenvalue weighted by Crippen LogP contribution is -2.34. The Bertz CT molecular complexity index is 771. The smallest absolute Gasteiger partial charge is 0.274 e. The van der Waals surface area contributed by atoms with E-state index in [4.69, 9.17) is 4.74 Å². The van der Waals surface area contributed by atoms with Crippen molar-refractivity contribution in [1.29, 1.82) is 0 Å². The molecule has 1 aromatic carbocycles. The third-order valence-electron chi connectivity index (χ3n) is 3.47. The summed E-state index contributed by atoms with van der Waals surface area (Å²) < 4.78 is 6.16. The van der Waals surface area contributed by atoms with Crippen molar-refractivity contribution >= 4 is 17.5 Å². The summed E-state index contributed by atoms with van der Waals surface area (Å²) in [4.78, 5) is 36.4. The Labute approximate surface area is 145 Å². The maximum absolute atomic E-state index is 12.4. The molecule has 0 saturated heterocycles. The van der Waals surface area contributed by atoms with Crippen LogP contribution in [0.3, 0.4) is 0 Å². The molecular formula is C18H21N3O4. The van der Waals surface area contributed by atoms with Crippen LogP contribution in [0.2, 0.25) is 0 Å². The van der Waals surface area contributed by atoms with Gasteiger partial charge in [-0.05, 0) is 30.7 Å². The van der Waals surface area contributed by atoms with Crippen LogP contribution in [-0.2, 0) is 16.1 Å². The summed E-state index contributed by atoms with van der Waals surface area (Å²) in [5, 5.41) is 5.29. The Balaban J connectivity index is 2.00. The molecule has 0 atom stereocenters. The Morgan fingerprint density at radius 2 is 1.88 bits per heavy atom. The second kappa shape index (κ2) is 9.39. The number of nitrogens with one attached hydrogen (secondary N) is 2. The minimum atomic E-state index is -0.432. The molecule has 2 rings (SSSR count). The number of ether oxygens (including phenoxy) is 1. The summed E-state index contributed by atoms with van der Waals surface area (Å²) >= 11 is 0. The van der Waals surface area contributed by atoms with Crippen LogP contribution < -0.4 is 16.2 Å². The van der Waals surface area contributed by atoms with E-state index >= 15 is 0 Å². The average molecular weight is 343 g/mol. The number of benzene rings is 1. The lowest BCUT2D eigenvalue weighted by molar-refractivity contribution is -0.121. The molecule has 1 heterocycles. The molecule has 2 amide bonds. The first-order valence-electron chi connectivity index (χ1n) is 7.93. The van der Waals surface area contributed by atoms with Gasteiger partial charge in [-0.25, -0.2) is 0 Å². The number of carbonyl (C=O) groups excluding carboxylic acids is 2. The van der Waals surface area contributed by atoms with Gasteiger partial charge in [0.05, 0.1) is 0 Å². The Morgan fingerprint density at radius 1 is 1.12 bits per heavy atom. The van der Waals surface area contributed by atoms with Gasteiger partial charge in [-0.3, -0.25) is 14.4 Å². The van der Waals surface area contributed by atoms with E-state index in [1.165, 1.54) is 16.8 Å². The van der Waals surface area contributed by atoms with Crippen LogP contribution in [0.5, 0.6) is 0 Å². The highest BCUT2D eigenvalue weighted by Crippen LogP contribution is 2.04. The fourth-order valence-corrected chi connectivity index (χ4v) is 2.20. The fourth-order valence-electron chi connectivity index (χ4n) is 2.20. The molecule has 0 spiro atoms. The van der Waals surface area contributed by atoms with Gasteiger partial charge < -0.3 is 19.9 Å². The lowest BCUT2D eigenvalue weighted by atomic mass is 10.2. The number of pyridine rings is 1. The molecule has 132 valence electrons. The molecule has 2 N–H and O–H groups in total. The molecule has 0 aliphatic rings. The van der Waals surface area contributed by atoms with Crippen LogP contribution in [0.15, 0.2) is 53.5 Å². The maximum Gasteiger partial charge on any atom is 0.274 e. The second-order valence-corrected chi connectivity index (χ2v) is 5.37. The molecule has 1 aromatic heterocycles. The van der Waals surface area contributed by atoms with Gasteiger partial charge >= 0.3 is 0 Å². The number of amides is 2. The molecule has 0 unspecified atom stereocenters. The van der Waals surface area contributed by atoms with E-state index in [0.29, 0.717) is 25.1 Å². The Morgan fingerprint density at radius 3 is 2.60 bits per heavy atom. The van der Waals surface area contributed by atoms with Gasteiger partial charge in [0.15, 0.2) is 0 Å². The van der Waals surface area contributed by atoms with Gasteiger partial charge in [-0.15, -0.1) is 0 Å². The molecule has 0 bridgehead atoms. The number of anilines is 1. The van der Waals surface area contributed by atoms with E-state index in [1.54, 1.807) is 43.5 Å². The van der Waals surface area contributed by atoms with E-state index in [0.717, 1.165) is 0 Å². The van der Waals surface area contributed by atoms with Gasteiger partial charge in [0.2, 0.25) is 5.91 Å². The predicted octanol–water partition coefficient (Wildman–Crippen LogP) is 1.25. The minimum absolute atomic E-state index is 0.110. The molecule has 0 aliphatic heterocycles. The highest BCUT2D eigenvalue weighted by molar-refractivity contribution is 6.04. The van der Waals surface area contributed by atoms with E-state index in [-0.39, 0.29) is 24.0 Å². The molecule has 25 heavy (non-hydrogen) atoms. The average Bonchev–Trinajstić information content (AvgIpc) is 2.63. The fraction of sp³-hybridized carbons (Fsp3) is 0.278. The van der Waals surface area contributed by atoms with Crippen molar-refractivity contribution < 1.29 is 14.3 Å². The largest absolute Gasteiger partial charge is 0.385 e. The highest BCUT2D eigenvalue weighted by Gasteiger charge is 2.11. The number of rotatable bonds is 8. The van der Waals surface area contributed by atoms with Crippen LogP contribution in [0, 0.1) is 0 Å². The third kappa shape index (κ3) is 5.58. The number of carbonyl (C=O) groups is 2. The van der Waals surface area contributed by atoms with E-state index in [9.17, 15) is 14.4 Å². The number of aromatic nitrogens is 1. The molecule has 0 aliphatic carbocycles. The van der Waals surface area contributed by atoms with Gasteiger partial charge in [0.1, 0.15) is 12.2 Å². The molecule has 0 saturated carbocycles. The molecule has 2 aromatic rings. The summed E-state index contributed by atoms with van der Waals surface area (Å²) in [6, 6.07) is 11.7.